The Morgan fingerprint density at radius 1 is 0.597 bits per heavy atom. The average molecular weight is 958 g/mol. The van der Waals surface area contributed by atoms with E-state index < -0.39 is 21.7 Å². The Morgan fingerprint density at radius 2 is 1.28 bits per heavy atom. The molecule has 0 amide bonds. The van der Waals surface area contributed by atoms with Crippen LogP contribution in [0.15, 0.2) is 164 Å². The highest BCUT2D eigenvalue weighted by Gasteiger charge is 2.38. The number of pyridine rings is 1. The van der Waals surface area contributed by atoms with E-state index in [4.69, 9.17) is 15.2 Å². The van der Waals surface area contributed by atoms with Crippen molar-refractivity contribution >= 4 is 44.6 Å². The first kappa shape index (κ1) is 35.9. The molecule has 364 valence electrons. The third-order valence-corrected chi connectivity index (χ3v) is 14.8. The number of hydrogen-bond donors (Lipinski definition) is 0. The Balaban J connectivity index is 1.12. The lowest BCUT2D eigenvalue weighted by Gasteiger charge is -2.42. The van der Waals surface area contributed by atoms with Gasteiger partial charge < -0.3 is 14.5 Å². The molecule has 0 fully saturated rings. The number of fused-ring (bicyclic) bond motifs is 5. The number of rotatable bonds is 8. The van der Waals surface area contributed by atoms with Crippen molar-refractivity contribution in [1.82, 2.24) is 9.55 Å². The van der Waals surface area contributed by atoms with Crippen LogP contribution in [0.5, 0.6) is 11.5 Å². The molecule has 5 nitrogen and oxygen atoms in total. The third kappa shape index (κ3) is 8.35. The van der Waals surface area contributed by atoms with Crippen molar-refractivity contribution in [2.45, 2.75) is 124 Å². The van der Waals surface area contributed by atoms with E-state index in [9.17, 15) is 9.60 Å². The van der Waals surface area contributed by atoms with Crippen LogP contribution in [0.25, 0.3) is 49.9 Å². The summed E-state index contributed by atoms with van der Waals surface area (Å²) in [5.74, 6) is 1.62. The smallest absolute Gasteiger partial charge is 0.137 e. The molecule has 11 rings (SSSR count). The highest BCUT2D eigenvalue weighted by Crippen LogP contribution is 2.54. The van der Waals surface area contributed by atoms with E-state index in [0.717, 1.165) is 46.6 Å². The van der Waals surface area contributed by atoms with E-state index in [1.165, 1.54) is 0 Å². The van der Waals surface area contributed by atoms with Crippen LogP contribution in [-0.4, -0.2) is 16.2 Å². The largest absolute Gasteiger partial charge is 0.457 e. The summed E-state index contributed by atoms with van der Waals surface area (Å²) in [5.41, 5.74) is 6.49. The molecule has 1 aliphatic carbocycles. The minimum Gasteiger partial charge on any atom is -0.457 e. The fourth-order valence-corrected chi connectivity index (χ4v) is 10.4. The Bertz CT molecular complexity index is 4210. The molecule has 5 heteroatoms. The first-order chi connectivity index (χ1) is 38.8. The van der Waals surface area contributed by atoms with Crippen molar-refractivity contribution in [3.63, 3.8) is 0 Å². The summed E-state index contributed by atoms with van der Waals surface area (Å²) in [6.45, 7) is 24.7. The fourth-order valence-electron chi connectivity index (χ4n) is 10.4. The van der Waals surface area contributed by atoms with Gasteiger partial charge in [0.2, 0.25) is 0 Å². The summed E-state index contributed by atoms with van der Waals surface area (Å²) in [5, 5.41) is 0.996. The van der Waals surface area contributed by atoms with E-state index in [1.54, 1.807) is 16.8 Å². The van der Waals surface area contributed by atoms with Crippen LogP contribution in [0.3, 0.4) is 0 Å². The first-order valence-electron chi connectivity index (χ1n) is 30.7. The van der Waals surface area contributed by atoms with Crippen molar-refractivity contribution in [2.24, 2.45) is 0 Å². The Kier molecular flexibility index (Phi) is 8.62. The molecule has 0 unspecified atom stereocenters. The van der Waals surface area contributed by atoms with Crippen LogP contribution in [0.4, 0.5) is 22.7 Å². The van der Waals surface area contributed by atoms with Crippen molar-refractivity contribution in [2.75, 3.05) is 16.5 Å². The van der Waals surface area contributed by atoms with E-state index in [-0.39, 0.29) is 90.2 Å². The number of hydrogen-bond acceptors (Lipinski definition) is 4. The number of anilines is 4. The standard InChI is InChI=1S/C67H70N4O/c1-43(2)44-31-34-68-62(37-44)71-58-24-14-13-23-52(58)53-29-28-51(41-61(53)71)72-50-22-18-21-49(40-50)69-42-70(60-26-16-15-25-59(60)69)63-54(45-19-17-20-47(35-45)64(3,4)5)38-48(65(6,7)8)39-55(63)46-27-30-56-57(36-46)67(11,12)33-32-66(56,9)10/h13-31,34-41,43H,32-33,42H2,1-12H3/i13D,14D,17D,19D,20D,23D,24D,27D,30D,35D,36D. The molecule has 0 radical (unpaired) electrons. The SMILES string of the molecule is [2H]c1c([2H])c(-c2cc(C(C)(C)C)cc(-c3c([2H])c([2H])c4c(c3[2H])C(C)(C)CCC4(C)C)c2N2CN(c3cccc(Oc4ccc5c6c([2H])c([2H])c([2H])c([2H])c6n(-c6cc(C(C)C)ccn6)c5c4)c3)c3ccccc32)c([2H])c(C(C)(C)C)c1[2H]. The molecular weight excluding hydrogens is 877 g/mol. The summed E-state index contributed by atoms with van der Waals surface area (Å²) >= 11 is 0. The van der Waals surface area contributed by atoms with E-state index in [0.29, 0.717) is 67.1 Å². The summed E-state index contributed by atoms with van der Waals surface area (Å²) in [4.78, 5) is 8.97. The summed E-state index contributed by atoms with van der Waals surface area (Å²) in [6.07, 6.45) is 3.29. The van der Waals surface area contributed by atoms with Crippen LogP contribution < -0.4 is 14.5 Å². The number of para-hydroxylation sites is 3. The molecule has 3 heterocycles. The highest BCUT2D eigenvalue weighted by molar-refractivity contribution is 6.09. The Labute approximate surface area is 443 Å². The zero-order chi connectivity index (χ0) is 60.1. The maximum atomic E-state index is 10.4. The molecule has 72 heavy (non-hydrogen) atoms. The van der Waals surface area contributed by atoms with Gasteiger partial charge in [-0.05, 0) is 146 Å². The predicted molar refractivity (Wildman–Crippen MR) is 305 cm³/mol. The first-order valence-corrected chi connectivity index (χ1v) is 25.2. The molecule has 0 saturated heterocycles. The maximum absolute atomic E-state index is 10.4. The quantitative estimate of drug-likeness (QED) is 0.152. The van der Waals surface area contributed by atoms with Gasteiger partial charge in [0.25, 0.3) is 0 Å². The normalized spacial score (nSPS) is 17.5. The van der Waals surface area contributed by atoms with Crippen molar-refractivity contribution in [3.05, 3.63) is 191 Å². The summed E-state index contributed by atoms with van der Waals surface area (Å²) in [6, 6.07) is 27.4. The van der Waals surface area contributed by atoms with Crippen LogP contribution in [-0.2, 0) is 21.7 Å². The molecule has 2 aromatic heterocycles. The molecular formula is C67H70N4O. The molecule has 1 aliphatic heterocycles. The van der Waals surface area contributed by atoms with Crippen molar-refractivity contribution in [3.8, 4) is 39.6 Å². The van der Waals surface area contributed by atoms with Crippen LogP contribution in [0, 0.1) is 0 Å². The number of nitrogens with zero attached hydrogens (tertiary/aromatic N) is 4. The van der Waals surface area contributed by atoms with Gasteiger partial charge in [0.1, 0.15) is 24.0 Å². The topological polar surface area (TPSA) is 33.5 Å². The molecule has 0 saturated carbocycles. The zero-order valence-electron chi connectivity index (χ0n) is 54.6. The molecule has 9 aromatic rings. The molecule has 0 spiro atoms. The number of aromatic nitrogens is 2. The van der Waals surface area contributed by atoms with Gasteiger partial charge in [0, 0.05) is 45.9 Å². The van der Waals surface area contributed by atoms with Crippen molar-refractivity contribution < 1.29 is 19.8 Å². The minimum absolute atomic E-state index is 0.0379. The monoisotopic (exact) mass is 958 g/mol. The van der Waals surface area contributed by atoms with E-state index in [2.05, 4.69) is 72.1 Å². The fraction of sp³-hybridized carbons (Fsp3) is 0.299. The van der Waals surface area contributed by atoms with Crippen LogP contribution in [0.1, 0.15) is 145 Å². The number of benzene rings is 7. The van der Waals surface area contributed by atoms with Gasteiger partial charge in [-0.15, -0.1) is 0 Å². The minimum atomic E-state index is -0.753. The lowest BCUT2D eigenvalue weighted by atomic mass is 9.63. The Hall–Kier alpha value is -7.11. The van der Waals surface area contributed by atoms with Gasteiger partial charge in [0.15, 0.2) is 0 Å². The lowest BCUT2D eigenvalue weighted by Crippen LogP contribution is -2.33. The zero-order valence-corrected chi connectivity index (χ0v) is 43.6. The van der Waals surface area contributed by atoms with Gasteiger partial charge in [-0.25, -0.2) is 4.98 Å². The van der Waals surface area contributed by atoms with Crippen molar-refractivity contribution in [1.29, 1.82) is 0 Å². The average Bonchev–Trinajstić information content (AvgIpc) is 3.01. The van der Waals surface area contributed by atoms with E-state index in [1.807, 2.05) is 106 Å². The second kappa shape index (κ2) is 17.3. The molecule has 0 N–H and O–H groups in total. The lowest BCUT2D eigenvalue weighted by molar-refractivity contribution is 0.332. The maximum Gasteiger partial charge on any atom is 0.137 e. The van der Waals surface area contributed by atoms with Crippen LogP contribution >= 0.6 is 0 Å². The van der Waals surface area contributed by atoms with Crippen LogP contribution in [0.2, 0.25) is 0 Å². The number of ether oxygens (including phenoxy) is 1. The molecule has 2 aliphatic rings. The van der Waals surface area contributed by atoms with Gasteiger partial charge in [0.05, 0.1) is 43.2 Å². The second-order valence-corrected chi connectivity index (χ2v) is 23.4. The molecule has 7 aromatic carbocycles. The highest BCUT2D eigenvalue weighted by atomic mass is 16.5. The van der Waals surface area contributed by atoms with Gasteiger partial charge in [-0.2, -0.15) is 0 Å². The van der Waals surface area contributed by atoms with Gasteiger partial charge in [-0.3, -0.25) is 4.57 Å². The van der Waals surface area contributed by atoms with Gasteiger partial charge in [-0.1, -0.05) is 162 Å². The molecule has 0 bridgehead atoms. The summed E-state index contributed by atoms with van der Waals surface area (Å²) < 4.78 is 113. The molecule has 0 atom stereocenters. The van der Waals surface area contributed by atoms with Gasteiger partial charge >= 0.3 is 0 Å². The predicted octanol–water partition coefficient (Wildman–Crippen LogP) is 18.6. The second-order valence-electron chi connectivity index (χ2n) is 23.4. The van der Waals surface area contributed by atoms with E-state index >= 15 is 0 Å². The third-order valence-electron chi connectivity index (χ3n) is 14.8. The Morgan fingerprint density at radius 3 is 2.00 bits per heavy atom. The summed E-state index contributed by atoms with van der Waals surface area (Å²) in [7, 11) is 0.